The lowest BCUT2D eigenvalue weighted by Crippen LogP contribution is -2.39. The molecule has 1 amide bonds. The average molecular weight is 276 g/mol. The summed E-state index contributed by atoms with van der Waals surface area (Å²) in [6, 6.07) is 8.01. The van der Waals surface area contributed by atoms with Crippen LogP contribution in [-0.2, 0) is 0 Å². The molecule has 0 bridgehead atoms. The molecule has 1 heterocycles. The quantitative estimate of drug-likeness (QED) is 0.933. The number of thiophene rings is 1. The van der Waals surface area contributed by atoms with Gasteiger partial charge in [-0.3, -0.25) is 4.79 Å². The number of hydrogen-bond donors (Lipinski definition) is 1. The number of amides is 1. The third kappa shape index (κ3) is 2.96. The molecule has 0 unspecified atom stereocenters. The molecule has 2 rings (SSSR count). The molecule has 2 aromatic rings. The second kappa shape index (κ2) is 5.31. The smallest absolute Gasteiger partial charge is 0.255 e. The van der Waals surface area contributed by atoms with Crippen molar-refractivity contribution in [2.75, 3.05) is 20.1 Å². The molecular weight excluding hydrogens is 256 g/mol. The Hall–Kier alpha value is -1.39. The maximum absolute atomic E-state index is 12.5. The highest BCUT2D eigenvalue weighted by molar-refractivity contribution is 7.17. The van der Waals surface area contributed by atoms with Crippen LogP contribution in [0.5, 0.6) is 0 Å². The van der Waals surface area contributed by atoms with Crippen LogP contribution in [0.3, 0.4) is 0 Å². The van der Waals surface area contributed by atoms with E-state index in [2.05, 4.69) is 13.8 Å². The Bertz CT molecular complexity index is 589. The number of nitrogens with two attached hydrogens (primary N) is 1. The fraction of sp³-hybridized carbons (Fsp3) is 0.400. The number of benzene rings is 1. The van der Waals surface area contributed by atoms with E-state index >= 15 is 0 Å². The molecule has 0 fully saturated rings. The van der Waals surface area contributed by atoms with Gasteiger partial charge in [-0.2, -0.15) is 0 Å². The van der Waals surface area contributed by atoms with Crippen LogP contribution in [-0.4, -0.2) is 30.9 Å². The highest BCUT2D eigenvalue weighted by atomic mass is 32.1. The molecule has 0 radical (unpaired) electrons. The van der Waals surface area contributed by atoms with Gasteiger partial charge in [-0.25, -0.2) is 0 Å². The third-order valence-electron chi connectivity index (χ3n) is 3.28. The highest BCUT2D eigenvalue weighted by Crippen LogP contribution is 2.27. The van der Waals surface area contributed by atoms with Crippen molar-refractivity contribution in [3.63, 3.8) is 0 Å². The first-order valence-corrected chi connectivity index (χ1v) is 7.24. The first-order chi connectivity index (χ1) is 8.94. The van der Waals surface area contributed by atoms with Crippen LogP contribution < -0.4 is 5.73 Å². The summed E-state index contributed by atoms with van der Waals surface area (Å²) < 4.78 is 1.15. The maximum Gasteiger partial charge on any atom is 0.255 e. The molecule has 1 aromatic heterocycles. The number of carbonyl (C=O) groups is 1. The van der Waals surface area contributed by atoms with Gasteiger partial charge in [0.1, 0.15) is 0 Å². The van der Waals surface area contributed by atoms with Crippen molar-refractivity contribution in [2.24, 2.45) is 11.1 Å². The Kier molecular flexibility index (Phi) is 3.92. The van der Waals surface area contributed by atoms with Gasteiger partial charge in [-0.05, 0) is 18.0 Å². The Labute approximate surface area is 118 Å². The zero-order valence-corrected chi connectivity index (χ0v) is 12.5. The number of rotatable bonds is 4. The van der Waals surface area contributed by atoms with Crippen LogP contribution in [0.25, 0.3) is 10.1 Å². The highest BCUT2D eigenvalue weighted by Gasteiger charge is 2.23. The van der Waals surface area contributed by atoms with Crippen molar-refractivity contribution in [2.45, 2.75) is 13.8 Å². The lowest BCUT2D eigenvalue weighted by Gasteiger charge is -2.29. The summed E-state index contributed by atoms with van der Waals surface area (Å²) in [5, 5.41) is 2.98. The Morgan fingerprint density at radius 3 is 2.74 bits per heavy atom. The van der Waals surface area contributed by atoms with E-state index in [0.29, 0.717) is 13.1 Å². The minimum absolute atomic E-state index is 0.0593. The largest absolute Gasteiger partial charge is 0.341 e. The second-order valence-corrected chi connectivity index (χ2v) is 6.59. The van der Waals surface area contributed by atoms with Crippen LogP contribution >= 0.6 is 11.3 Å². The third-order valence-corrected chi connectivity index (χ3v) is 4.24. The minimum Gasteiger partial charge on any atom is -0.341 e. The van der Waals surface area contributed by atoms with Crippen molar-refractivity contribution in [1.29, 1.82) is 0 Å². The molecule has 0 saturated carbocycles. The van der Waals surface area contributed by atoms with Gasteiger partial charge in [0.05, 0.1) is 5.56 Å². The SMILES string of the molecule is CN(CC(C)(C)CN)C(=O)c1csc2ccccc12. The predicted octanol–water partition coefficient (Wildman–Crippen LogP) is 2.96. The summed E-state index contributed by atoms with van der Waals surface area (Å²) in [6.45, 7) is 5.37. The van der Waals surface area contributed by atoms with Gasteiger partial charge in [0, 0.05) is 29.1 Å². The van der Waals surface area contributed by atoms with Crippen LogP contribution in [0.4, 0.5) is 0 Å². The predicted molar refractivity (Wildman–Crippen MR) is 81.6 cm³/mol. The normalized spacial score (nSPS) is 11.8. The lowest BCUT2D eigenvalue weighted by atomic mass is 9.93. The van der Waals surface area contributed by atoms with Crippen LogP contribution in [0.15, 0.2) is 29.6 Å². The van der Waals surface area contributed by atoms with Crippen molar-refractivity contribution < 1.29 is 4.79 Å². The van der Waals surface area contributed by atoms with Gasteiger partial charge in [-0.15, -0.1) is 11.3 Å². The summed E-state index contributed by atoms with van der Waals surface area (Å²) in [5.74, 6) is 0.0685. The molecule has 2 N–H and O–H groups in total. The van der Waals surface area contributed by atoms with Crippen molar-refractivity contribution in [1.82, 2.24) is 4.90 Å². The zero-order valence-electron chi connectivity index (χ0n) is 11.6. The molecule has 19 heavy (non-hydrogen) atoms. The summed E-state index contributed by atoms with van der Waals surface area (Å²) in [5.41, 5.74) is 6.46. The van der Waals surface area contributed by atoms with Gasteiger partial charge >= 0.3 is 0 Å². The molecule has 0 aliphatic heterocycles. The van der Waals surface area contributed by atoms with E-state index in [-0.39, 0.29) is 11.3 Å². The first-order valence-electron chi connectivity index (χ1n) is 6.36. The molecule has 0 atom stereocenters. The zero-order chi connectivity index (χ0) is 14.0. The van der Waals surface area contributed by atoms with Crippen LogP contribution in [0, 0.1) is 5.41 Å². The first kappa shape index (κ1) is 14.0. The van der Waals surface area contributed by atoms with Gasteiger partial charge in [0.2, 0.25) is 0 Å². The van der Waals surface area contributed by atoms with E-state index in [0.717, 1.165) is 15.6 Å². The number of carbonyl (C=O) groups excluding carboxylic acids is 1. The molecule has 4 heteroatoms. The Morgan fingerprint density at radius 1 is 1.37 bits per heavy atom. The van der Waals surface area contributed by atoms with Gasteiger partial charge in [-0.1, -0.05) is 32.0 Å². The summed E-state index contributed by atoms with van der Waals surface area (Å²) >= 11 is 1.61. The van der Waals surface area contributed by atoms with Crippen LogP contribution in [0.1, 0.15) is 24.2 Å². The molecule has 102 valence electrons. The number of nitrogens with zero attached hydrogens (tertiary/aromatic N) is 1. The molecule has 3 nitrogen and oxygen atoms in total. The summed E-state index contributed by atoms with van der Waals surface area (Å²) in [7, 11) is 1.84. The molecule has 0 aliphatic carbocycles. The van der Waals surface area contributed by atoms with E-state index in [9.17, 15) is 4.79 Å². The van der Waals surface area contributed by atoms with Crippen LogP contribution in [0.2, 0.25) is 0 Å². The molecule has 1 aromatic carbocycles. The monoisotopic (exact) mass is 276 g/mol. The Morgan fingerprint density at radius 2 is 2.05 bits per heavy atom. The van der Waals surface area contributed by atoms with Gasteiger partial charge in [0.25, 0.3) is 5.91 Å². The lowest BCUT2D eigenvalue weighted by molar-refractivity contribution is 0.0743. The minimum atomic E-state index is -0.0593. The molecule has 0 spiro atoms. The Balaban J connectivity index is 2.24. The molecule has 0 aliphatic rings. The number of fused-ring (bicyclic) bond motifs is 1. The van der Waals surface area contributed by atoms with E-state index in [1.54, 1.807) is 16.2 Å². The molecule has 0 saturated heterocycles. The second-order valence-electron chi connectivity index (χ2n) is 5.68. The van der Waals surface area contributed by atoms with E-state index in [1.165, 1.54) is 0 Å². The van der Waals surface area contributed by atoms with E-state index < -0.39 is 0 Å². The fourth-order valence-corrected chi connectivity index (χ4v) is 3.06. The van der Waals surface area contributed by atoms with E-state index in [4.69, 9.17) is 5.73 Å². The van der Waals surface area contributed by atoms with Gasteiger partial charge < -0.3 is 10.6 Å². The molecular formula is C15H20N2OS. The summed E-state index contributed by atoms with van der Waals surface area (Å²) in [6.07, 6.45) is 0. The van der Waals surface area contributed by atoms with Crippen molar-refractivity contribution in [3.05, 3.63) is 35.2 Å². The van der Waals surface area contributed by atoms with Gasteiger partial charge in [0.15, 0.2) is 0 Å². The average Bonchev–Trinajstić information content (AvgIpc) is 2.81. The van der Waals surface area contributed by atoms with E-state index in [1.807, 2.05) is 36.7 Å². The van der Waals surface area contributed by atoms with Crippen molar-refractivity contribution in [3.8, 4) is 0 Å². The maximum atomic E-state index is 12.5. The summed E-state index contributed by atoms with van der Waals surface area (Å²) in [4.78, 5) is 14.3. The fourth-order valence-electron chi connectivity index (χ4n) is 2.13. The standard InChI is InChI=1S/C15H20N2OS/c1-15(2,9-16)10-17(3)14(18)12-8-19-13-7-5-4-6-11(12)13/h4-8H,9-10,16H2,1-3H3. The van der Waals surface area contributed by atoms with Crippen molar-refractivity contribution >= 4 is 27.3 Å². The topological polar surface area (TPSA) is 46.3 Å². The number of hydrogen-bond acceptors (Lipinski definition) is 3.